The van der Waals surface area contributed by atoms with Gasteiger partial charge in [-0.05, 0) is 55.9 Å². The number of amides is 2. The molecule has 7 nitrogen and oxygen atoms in total. The van der Waals surface area contributed by atoms with Crippen LogP contribution in [-0.4, -0.2) is 53.4 Å². The van der Waals surface area contributed by atoms with E-state index in [1.165, 1.54) is 5.69 Å². The quantitative estimate of drug-likeness (QED) is 0.821. The van der Waals surface area contributed by atoms with E-state index >= 15 is 0 Å². The Hall–Kier alpha value is -2.70. The molecule has 0 aliphatic carbocycles. The fourth-order valence-corrected chi connectivity index (χ4v) is 4.86. The molecule has 2 N–H and O–H groups in total. The molecule has 2 aromatic rings. The minimum Gasteiger partial charge on any atom is -0.494 e. The van der Waals surface area contributed by atoms with Crippen LogP contribution in [0.5, 0.6) is 5.75 Å². The van der Waals surface area contributed by atoms with E-state index in [2.05, 4.69) is 46.4 Å². The maximum absolute atomic E-state index is 12.9. The van der Waals surface area contributed by atoms with Gasteiger partial charge in [-0.3, -0.25) is 10.4 Å². The van der Waals surface area contributed by atoms with Crippen molar-refractivity contribution in [2.75, 3.05) is 36.5 Å². The predicted octanol–water partition coefficient (Wildman–Crippen LogP) is 3.89. The van der Waals surface area contributed by atoms with E-state index in [1.54, 1.807) is 0 Å². The van der Waals surface area contributed by atoms with Crippen molar-refractivity contribution >= 4 is 17.5 Å². The van der Waals surface area contributed by atoms with Crippen molar-refractivity contribution in [2.24, 2.45) is 11.3 Å². The second-order valence-electron chi connectivity index (χ2n) is 8.93. The number of H-pyrrole nitrogens is 1. The van der Waals surface area contributed by atoms with Crippen molar-refractivity contribution < 1.29 is 9.53 Å². The number of aryl methyl sites for hydroxylation is 1. The van der Waals surface area contributed by atoms with E-state index in [1.807, 2.05) is 36.9 Å². The highest BCUT2D eigenvalue weighted by Gasteiger charge is 2.46. The van der Waals surface area contributed by atoms with E-state index in [0.29, 0.717) is 24.9 Å². The Bertz CT molecular complexity index is 860. The first kappa shape index (κ1) is 19.6. The van der Waals surface area contributed by atoms with Gasteiger partial charge in [0, 0.05) is 37.1 Å². The molecule has 1 aromatic carbocycles. The van der Waals surface area contributed by atoms with Crippen molar-refractivity contribution in [2.45, 2.75) is 40.2 Å². The molecule has 3 aliphatic heterocycles. The number of ether oxygens (including phenoxy) is 1. The van der Waals surface area contributed by atoms with E-state index in [4.69, 9.17) is 4.74 Å². The van der Waals surface area contributed by atoms with Crippen molar-refractivity contribution in [3.8, 4) is 5.75 Å². The van der Waals surface area contributed by atoms with Crippen LogP contribution >= 0.6 is 0 Å². The van der Waals surface area contributed by atoms with E-state index in [0.717, 1.165) is 31.0 Å². The zero-order chi connectivity index (χ0) is 20.6. The lowest BCUT2D eigenvalue weighted by atomic mass is 9.73. The number of fused-ring (bicyclic) bond motifs is 4. The first-order valence-electron chi connectivity index (χ1n) is 10.4. The van der Waals surface area contributed by atoms with Crippen molar-refractivity contribution in [1.29, 1.82) is 0 Å². The largest absolute Gasteiger partial charge is 0.494 e. The fourth-order valence-electron chi connectivity index (χ4n) is 4.86. The molecule has 0 saturated carbocycles. The number of piperidine rings is 1. The maximum Gasteiger partial charge on any atom is 0.323 e. The van der Waals surface area contributed by atoms with E-state index in [9.17, 15) is 4.79 Å². The standard InChI is InChI=1S/C22H31N5O2/c1-5-29-18-8-6-17(7-9-18)27-13-16-11-22(3,4)19(27)14-26(12-16)21(28)23-20-10-15(2)24-25-20/h6-10,16,19H,5,11-14H2,1-4H3,(H2,23,24,25,28)/t16?,19-/m1/s1. The van der Waals surface area contributed by atoms with Gasteiger partial charge in [0.2, 0.25) is 0 Å². The Balaban J connectivity index is 1.54. The molecule has 2 atom stereocenters. The molecule has 4 heterocycles. The van der Waals surface area contributed by atoms with Crippen molar-refractivity contribution in [3.05, 3.63) is 36.0 Å². The average molecular weight is 398 g/mol. The summed E-state index contributed by atoms with van der Waals surface area (Å²) in [7, 11) is 0. The number of aromatic nitrogens is 2. The molecule has 0 radical (unpaired) electrons. The van der Waals surface area contributed by atoms with Gasteiger partial charge in [0.1, 0.15) is 5.75 Å². The second kappa shape index (κ2) is 7.61. The minimum atomic E-state index is -0.0715. The Labute approximate surface area is 172 Å². The zero-order valence-electron chi connectivity index (χ0n) is 17.7. The number of hydrogen-bond acceptors (Lipinski definition) is 4. The van der Waals surface area contributed by atoms with Gasteiger partial charge in [-0.15, -0.1) is 0 Å². The molecule has 2 amide bonds. The summed E-state index contributed by atoms with van der Waals surface area (Å²) >= 11 is 0. The summed E-state index contributed by atoms with van der Waals surface area (Å²) in [6.45, 7) is 11.7. The molecule has 3 saturated heterocycles. The smallest absolute Gasteiger partial charge is 0.323 e. The summed E-state index contributed by atoms with van der Waals surface area (Å²) in [5.41, 5.74) is 2.25. The lowest BCUT2D eigenvalue weighted by Crippen LogP contribution is -2.54. The fraction of sp³-hybridized carbons (Fsp3) is 0.545. The molecule has 1 unspecified atom stereocenters. The maximum atomic E-state index is 12.9. The number of nitrogens with one attached hydrogen (secondary N) is 2. The van der Waals surface area contributed by atoms with Crippen molar-refractivity contribution in [3.63, 3.8) is 0 Å². The molecule has 5 rings (SSSR count). The van der Waals surface area contributed by atoms with Crippen LogP contribution in [0.4, 0.5) is 16.3 Å². The zero-order valence-corrected chi connectivity index (χ0v) is 17.7. The third-order valence-electron chi connectivity index (χ3n) is 6.13. The molecule has 7 heteroatoms. The van der Waals surface area contributed by atoms with E-state index in [-0.39, 0.29) is 17.5 Å². The van der Waals surface area contributed by atoms with Crippen LogP contribution in [0.25, 0.3) is 0 Å². The lowest BCUT2D eigenvalue weighted by Gasteiger charge is -2.48. The Morgan fingerprint density at radius 2 is 2.03 bits per heavy atom. The number of carbonyl (C=O) groups is 1. The summed E-state index contributed by atoms with van der Waals surface area (Å²) < 4.78 is 5.59. The molecule has 0 spiro atoms. The van der Waals surface area contributed by atoms with Crippen LogP contribution in [0.15, 0.2) is 30.3 Å². The van der Waals surface area contributed by atoms with Crippen molar-refractivity contribution in [1.82, 2.24) is 15.1 Å². The molecule has 3 fully saturated rings. The Morgan fingerprint density at radius 1 is 1.28 bits per heavy atom. The van der Waals surface area contributed by atoms with Crippen LogP contribution in [0.1, 0.15) is 32.9 Å². The van der Waals surface area contributed by atoms with Crippen LogP contribution in [-0.2, 0) is 0 Å². The first-order chi connectivity index (χ1) is 13.9. The summed E-state index contributed by atoms with van der Waals surface area (Å²) in [5, 5.41) is 9.95. The van der Waals surface area contributed by atoms with E-state index < -0.39 is 0 Å². The van der Waals surface area contributed by atoms with Gasteiger partial charge in [0.15, 0.2) is 5.82 Å². The Morgan fingerprint density at radius 3 is 2.69 bits per heavy atom. The highest BCUT2D eigenvalue weighted by Crippen LogP contribution is 2.43. The lowest BCUT2D eigenvalue weighted by molar-refractivity contribution is 0.190. The molecular weight excluding hydrogens is 366 g/mol. The number of carbonyl (C=O) groups excluding carboxylic acids is 1. The average Bonchev–Trinajstić information content (AvgIpc) is 2.91. The number of nitrogens with zero attached hydrogens (tertiary/aromatic N) is 3. The predicted molar refractivity (Wildman–Crippen MR) is 115 cm³/mol. The third kappa shape index (κ3) is 4.04. The molecular formula is C22H31N5O2. The van der Waals surface area contributed by atoms with Crippen LogP contribution in [0.3, 0.4) is 0 Å². The SMILES string of the molecule is CCOc1ccc(N2CC3CN(C(=O)Nc4cc(C)[nH]n4)C[C@@H]2C(C)(C)C3)cc1. The summed E-state index contributed by atoms with van der Waals surface area (Å²) in [6, 6.07) is 10.4. The molecule has 29 heavy (non-hydrogen) atoms. The van der Waals surface area contributed by atoms with Gasteiger partial charge < -0.3 is 14.5 Å². The first-order valence-corrected chi connectivity index (χ1v) is 10.4. The van der Waals surface area contributed by atoms with Crippen LogP contribution in [0, 0.1) is 18.3 Å². The number of urea groups is 1. The minimum absolute atomic E-state index is 0.0715. The van der Waals surface area contributed by atoms with Gasteiger partial charge in [0.05, 0.1) is 12.6 Å². The van der Waals surface area contributed by atoms with Crippen LogP contribution in [0.2, 0.25) is 0 Å². The topological polar surface area (TPSA) is 73.5 Å². The number of rotatable bonds is 4. The second-order valence-corrected chi connectivity index (χ2v) is 8.93. The van der Waals surface area contributed by atoms with Crippen LogP contribution < -0.4 is 15.0 Å². The molecule has 2 bridgehead atoms. The number of benzene rings is 1. The van der Waals surface area contributed by atoms with Gasteiger partial charge in [0.25, 0.3) is 0 Å². The number of anilines is 2. The summed E-state index contributed by atoms with van der Waals surface area (Å²) in [6.07, 6.45) is 1.12. The monoisotopic (exact) mass is 397 g/mol. The summed E-state index contributed by atoms with van der Waals surface area (Å²) in [5.74, 6) is 1.90. The highest BCUT2D eigenvalue weighted by molar-refractivity contribution is 5.88. The molecule has 3 aliphatic rings. The number of aromatic amines is 1. The summed E-state index contributed by atoms with van der Waals surface area (Å²) in [4.78, 5) is 17.4. The molecule has 156 valence electrons. The van der Waals surface area contributed by atoms with Gasteiger partial charge >= 0.3 is 6.03 Å². The van der Waals surface area contributed by atoms with Gasteiger partial charge in [-0.25, -0.2) is 4.79 Å². The normalized spacial score (nSPS) is 23.0. The Kier molecular flexibility index (Phi) is 5.15. The van der Waals surface area contributed by atoms with Gasteiger partial charge in [-0.2, -0.15) is 5.10 Å². The van der Waals surface area contributed by atoms with Gasteiger partial charge in [-0.1, -0.05) is 13.8 Å². The molecule has 1 aromatic heterocycles. The number of hydrogen-bond donors (Lipinski definition) is 2. The highest BCUT2D eigenvalue weighted by atomic mass is 16.5. The third-order valence-corrected chi connectivity index (χ3v) is 6.13.